The Kier molecular flexibility index (Phi) is 8.46. The summed E-state index contributed by atoms with van der Waals surface area (Å²) in [7, 11) is 0. The van der Waals surface area contributed by atoms with Gasteiger partial charge in [0.25, 0.3) is 0 Å². The van der Waals surface area contributed by atoms with E-state index in [0.717, 1.165) is 59.6 Å². The first-order valence-electron chi connectivity index (χ1n) is 13.4. The second kappa shape index (κ2) is 12.2. The standard InChI is InChI=1S/C32H33ClN2O4/c1-2-38-30(36)15-10-23-6-3-9-29-28(23)22-24(27-8-4-18-34-31(27)39-29)7-5-19-35-20-16-32(37,17-21-35)25-11-13-26(33)14-12-25/h3-4,6-15,18,37H,2,5,16-17,19-22H2,1H3. The number of aromatic nitrogens is 1. The SMILES string of the molecule is CCOC(=O)C=Cc1cccc2c1CC(=CCCN1CCC(O)(c3ccc(Cl)cc3)CC1)c1cccnc1O2. The summed E-state index contributed by atoms with van der Waals surface area (Å²) in [5.74, 6) is 0.955. The van der Waals surface area contributed by atoms with Crippen molar-refractivity contribution in [3.05, 3.63) is 100 Å². The molecule has 1 fully saturated rings. The van der Waals surface area contributed by atoms with E-state index in [1.54, 1.807) is 19.2 Å². The van der Waals surface area contributed by atoms with E-state index >= 15 is 0 Å². The van der Waals surface area contributed by atoms with Crippen molar-refractivity contribution < 1.29 is 19.4 Å². The van der Waals surface area contributed by atoms with Gasteiger partial charge in [-0.1, -0.05) is 41.9 Å². The Morgan fingerprint density at radius 1 is 1.15 bits per heavy atom. The van der Waals surface area contributed by atoms with E-state index < -0.39 is 5.60 Å². The van der Waals surface area contributed by atoms with Gasteiger partial charge in [0.1, 0.15) is 5.75 Å². The van der Waals surface area contributed by atoms with Gasteiger partial charge in [-0.3, -0.25) is 0 Å². The first-order valence-corrected chi connectivity index (χ1v) is 13.8. The second-order valence-electron chi connectivity index (χ2n) is 9.94. The van der Waals surface area contributed by atoms with E-state index in [4.69, 9.17) is 21.1 Å². The zero-order valence-electron chi connectivity index (χ0n) is 22.1. The van der Waals surface area contributed by atoms with Crippen LogP contribution in [-0.2, 0) is 21.6 Å². The molecule has 5 rings (SSSR count). The Bertz CT molecular complexity index is 1380. The minimum absolute atomic E-state index is 0.338. The molecule has 0 aliphatic carbocycles. The fourth-order valence-electron chi connectivity index (χ4n) is 5.28. The molecular formula is C32H33ClN2O4. The topological polar surface area (TPSA) is 71.9 Å². The van der Waals surface area contributed by atoms with Crippen molar-refractivity contribution >= 4 is 29.2 Å². The van der Waals surface area contributed by atoms with Gasteiger partial charge in [-0.05, 0) is 79.3 Å². The van der Waals surface area contributed by atoms with E-state index in [-0.39, 0.29) is 5.97 Å². The number of nitrogens with zero attached hydrogens (tertiary/aromatic N) is 2. The number of carbonyl (C=O) groups is 1. The van der Waals surface area contributed by atoms with Crippen LogP contribution in [0.2, 0.25) is 5.02 Å². The highest BCUT2D eigenvalue weighted by atomic mass is 35.5. The third kappa shape index (κ3) is 6.41. The quantitative estimate of drug-likeness (QED) is 0.273. The number of aliphatic hydroxyl groups is 1. The van der Waals surface area contributed by atoms with E-state index in [0.29, 0.717) is 36.8 Å². The molecule has 0 saturated carbocycles. The van der Waals surface area contributed by atoms with Gasteiger partial charge in [0.2, 0.25) is 5.88 Å². The van der Waals surface area contributed by atoms with Crippen LogP contribution in [0.15, 0.2) is 72.9 Å². The van der Waals surface area contributed by atoms with Gasteiger partial charge < -0.3 is 19.5 Å². The molecule has 2 aromatic carbocycles. The molecule has 0 amide bonds. The van der Waals surface area contributed by atoms with E-state index in [1.807, 2.05) is 54.6 Å². The predicted octanol–water partition coefficient (Wildman–Crippen LogP) is 6.42. The van der Waals surface area contributed by atoms with Crippen molar-refractivity contribution in [1.82, 2.24) is 9.88 Å². The van der Waals surface area contributed by atoms with Crippen LogP contribution < -0.4 is 4.74 Å². The monoisotopic (exact) mass is 544 g/mol. The Morgan fingerprint density at radius 3 is 2.72 bits per heavy atom. The number of benzene rings is 2. The first-order chi connectivity index (χ1) is 18.9. The van der Waals surface area contributed by atoms with Crippen molar-refractivity contribution in [2.75, 3.05) is 26.2 Å². The minimum Gasteiger partial charge on any atom is -0.463 e. The number of rotatable bonds is 7. The van der Waals surface area contributed by atoms with Crippen LogP contribution >= 0.6 is 11.6 Å². The minimum atomic E-state index is -0.806. The third-order valence-electron chi connectivity index (χ3n) is 7.45. The summed E-state index contributed by atoms with van der Waals surface area (Å²) in [6, 6.07) is 17.3. The molecule has 3 aromatic rings. The Hall–Kier alpha value is -3.45. The number of fused-ring (bicyclic) bond motifs is 2. The third-order valence-corrected chi connectivity index (χ3v) is 7.70. The van der Waals surface area contributed by atoms with E-state index in [1.165, 1.54) is 6.08 Å². The van der Waals surface area contributed by atoms with Crippen molar-refractivity contribution in [1.29, 1.82) is 0 Å². The zero-order chi connectivity index (χ0) is 27.2. The molecule has 3 heterocycles. The molecule has 0 radical (unpaired) electrons. The number of pyridine rings is 1. The smallest absolute Gasteiger partial charge is 0.330 e. The van der Waals surface area contributed by atoms with Crippen LogP contribution in [0.4, 0.5) is 0 Å². The number of esters is 1. The van der Waals surface area contributed by atoms with E-state index in [9.17, 15) is 9.90 Å². The lowest BCUT2D eigenvalue weighted by Crippen LogP contribution is -2.42. The molecule has 39 heavy (non-hydrogen) atoms. The summed E-state index contributed by atoms with van der Waals surface area (Å²) in [6.07, 6.45) is 10.2. The van der Waals surface area contributed by atoms with Gasteiger partial charge in [-0.15, -0.1) is 0 Å². The lowest BCUT2D eigenvalue weighted by Gasteiger charge is -2.38. The predicted molar refractivity (Wildman–Crippen MR) is 154 cm³/mol. The molecule has 2 aliphatic heterocycles. The lowest BCUT2D eigenvalue weighted by atomic mass is 9.84. The molecular weight excluding hydrogens is 512 g/mol. The number of ether oxygens (including phenoxy) is 2. The lowest BCUT2D eigenvalue weighted by molar-refractivity contribution is -0.137. The maximum absolute atomic E-state index is 11.9. The van der Waals surface area contributed by atoms with Crippen molar-refractivity contribution in [2.45, 2.75) is 38.2 Å². The van der Waals surface area contributed by atoms with Crippen molar-refractivity contribution in [3.8, 4) is 11.6 Å². The summed E-state index contributed by atoms with van der Waals surface area (Å²) in [6.45, 7) is 4.68. The Morgan fingerprint density at radius 2 is 1.95 bits per heavy atom. The highest BCUT2D eigenvalue weighted by Crippen LogP contribution is 2.40. The Balaban J connectivity index is 1.30. The number of piperidine rings is 1. The molecule has 1 saturated heterocycles. The summed E-state index contributed by atoms with van der Waals surface area (Å²) in [5.41, 5.74) is 4.17. The van der Waals surface area contributed by atoms with Crippen LogP contribution in [0.25, 0.3) is 11.6 Å². The Labute approximate surface area is 234 Å². The van der Waals surface area contributed by atoms with Gasteiger partial charge in [0.05, 0.1) is 12.2 Å². The average Bonchev–Trinajstić information content (AvgIpc) is 3.10. The fraction of sp³-hybridized carbons (Fsp3) is 0.312. The highest BCUT2D eigenvalue weighted by Gasteiger charge is 2.33. The van der Waals surface area contributed by atoms with Crippen LogP contribution in [0.3, 0.4) is 0 Å². The maximum atomic E-state index is 11.9. The summed E-state index contributed by atoms with van der Waals surface area (Å²) in [4.78, 5) is 18.8. The summed E-state index contributed by atoms with van der Waals surface area (Å²) < 4.78 is 11.3. The fourth-order valence-corrected chi connectivity index (χ4v) is 5.40. The molecule has 0 spiro atoms. The van der Waals surface area contributed by atoms with Crippen LogP contribution in [0.5, 0.6) is 11.6 Å². The van der Waals surface area contributed by atoms with Gasteiger partial charge in [-0.2, -0.15) is 0 Å². The zero-order valence-corrected chi connectivity index (χ0v) is 22.9. The number of likely N-dealkylation sites (tertiary alicyclic amines) is 1. The van der Waals surface area contributed by atoms with Crippen LogP contribution in [0, 0.1) is 0 Å². The van der Waals surface area contributed by atoms with Gasteiger partial charge in [0, 0.05) is 54.5 Å². The van der Waals surface area contributed by atoms with Crippen LogP contribution in [0.1, 0.15) is 48.4 Å². The van der Waals surface area contributed by atoms with Crippen molar-refractivity contribution in [2.24, 2.45) is 0 Å². The van der Waals surface area contributed by atoms with Gasteiger partial charge in [-0.25, -0.2) is 9.78 Å². The molecule has 1 N–H and O–H groups in total. The average molecular weight is 545 g/mol. The van der Waals surface area contributed by atoms with Gasteiger partial charge >= 0.3 is 5.97 Å². The molecule has 2 aliphatic rings. The van der Waals surface area contributed by atoms with Gasteiger partial charge in [0.15, 0.2) is 0 Å². The molecule has 1 aromatic heterocycles. The number of carbonyl (C=O) groups excluding carboxylic acids is 1. The number of halogens is 1. The summed E-state index contributed by atoms with van der Waals surface area (Å²) >= 11 is 6.03. The molecule has 0 unspecified atom stereocenters. The normalized spacial score (nSPS) is 17.8. The molecule has 7 heteroatoms. The second-order valence-corrected chi connectivity index (χ2v) is 10.4. The largest absolute Gasteiger partial charge is 0.463 e. The number of hydrogen-bond acceptors (Lipinski definition) is 6. The number of allylic oxidation sites excluding steroid dienone is 1. The molecule has 6 nitrogen and oxygen atoms in total. The highest BCUT2D eigenvalue weighted by molar-refractivity contribution is 6.30. The number of hydrogen-bond donors (Lipinski definition) is 1. The molecule has 0 bridgehead atoms. The summed E-state index contributed by atoms with van der Waals surface area (Å²) in [5, 5.41) is 11.9. The maximum Gasteiger partial charge on any atom is 0.330 e. The molecule has 0 atom stereocenters. The first kappa shape index (κ1) is 27.1. The van der Waals surface area contributed by atoms with Crippen molar-refractivity contribution in [3.63, 3.8) is 0 Å². The van der Waals surface area contributed by atoms with E-state index in [2.05, 4.69) is 16.0 Å². The van der Waals surface area contributed by atoms with Crippen LogP contribution in [-0.4, -0.2) is 47.2 Å². The molecule has 202 valence electrons.